The van der Waals surface area contributed by atoms with Crippen molar-refractivity contribution in [3.05, 3.63) is 28.2 Å². The van der Waals surface area contributed by atoms with Crippen molar-refractivity contribution in [2.75, 3.05) is 32.6 Å². The summed E-state index contributed by atoms with van der Waals surface area (Å²) in [5.41, 5.74) is 1.81. The Bertz CT molecular complexity index is 477. The molecule has 5 nitrogen and oxygen atoms in total. The zero-order valence-corrected chi connectivity index (χ0v) is 12.8. The predicted octanol–water partition coefficient (Wildman–Crippen LogP) is 1.80. The summed E-state index contributed by atoms with van der Waals surface area (Å²) in [4.78, 5) is 24.4. The highest BCUT2D eigenvalue weighted by Gasteiger charge is 2.11. The molecule has 0 spiro atoms. The minimum absolute atomic E-state index is 0.0823. The first kappa shape index (κ1) is 15.7. The maximum Gasteiger partial charge on any atom is 0.319 e. The van der Waals surface area contributed by atoms with Crippen LogP contribution in [0, 0.1) is 6.92 Å². The van der Waals surface area contributed by atoms with Gasteiger partial charge in [0.05, 0.1) is 25.9 Å². The molecular formula is C13H17BrN2O3. The summed E-state index contributed by atoms with van der Waals surface area (Å²) in [6.45, 7) is 2.18. The van der Waals surface area contributed by atoms with Gasteiger partial charge in [-0.25, -0.2) is 0 Å². The lowest BCUT2D eigenvalue weighted by atomic mass is 10.2. The summed E-state index contributed by atoms with van der Waals surface area (Å²) < 4.78 is 5.36. The Morgan fingerprint density at radius 3 is 2.63 bits per heavy atom. The van der Waals surface area contributed by atoms with E-state index in [1.54, 1.807) is 11.9 Å². The number of carbonyl (C=O) groups excluding carboxylic acids is 2. The summed E-state index contributed by atoms with van der Waals surface area (Å²) >= 11 is 3.39. The number of hydrogen-bond acceptors (Lipinski definition) is 4. The lowest BCUT2D eigenvalue weighted by Crippen LogP contribution is -2.34. The summed E-state index contributed by atoms with van der Waals surface area (Å²) in [5, 5.41) is 2.78. The van der Waals surface area contributed by atoms with Crippen LogP contribution < -0.4 is 5.32 Å². The number of rotatable bonds is 5. The zero-order valence-electron chi connectivity index (χ0n) is 11.2. The molecule has 0 aliphatic carbocycles. The number of ether oxygens (including phenoxy) is 1. The van der Waals surface area contributed by atoms with Crippen molar-refractivity contribution in [1.29, 1.82) is 0 Å². The van der Waals surface area contributed by atoms with Crippen LogP contribution in [0.15, 0.2) is 22.7 Å². The summed E-state index contributed by atoms with van der Waals surface area (Å²) in [5.74, 6) is -0.553. The highest BCUT2D eigenvalue weighted by atomic mass is 79.9. The van der Waals surface area contributed by atoms with E-state index in [0.717, 1.165) is 10.0 Å². The van der Waals surface area contributed by atoms with Crippen LogP contribution in [-0.2, 0) is 14.3 Å². The Morgan fingerprint density at radius 2 is 2.05 bits per heavy atom. The fourth-order valence-electron chi connectivity index (χ4n) is 1.50. The molecule has 0 aliphatic rings. The minimum atomic E-state index is -0.369. The number of nitrogens with one attached hydrogen (secondary N) is 1. The van der Waals surface area contributed by atoms with Gasteiger partial charge in [0.25, 0.3) is 0 Å². The summed E-state index contributed by atoms with van der Waals surface area (Å²) in [6.07, 6.45) is 0. The number of halogens is 1. The van der Waals surface area contributed by atoms with Crippen molar-refractivity contribution in [2.24, 2.45) is 0 Å². The topological polar surface area (TPSA) is 58.6 Å². The molecule has 0 fully saturated rings. The summed E-state index contributed by atoms with van der Waals surface area (Å²) in [6, 6.07) is 5.67. The molecule has 1 N–H and O–H groups in total. The van der Waals surface area contributed by atoms with Gasteiger partial charge in [0.1, 0.15) is 0 Å². The van der Waals surface area contributed by atoms with Crippen molar-refractivity contribution in [2.45, 2.75) is 6.92 Å². The number of aryl methyl sites for hydroxylation is 1. The first-order valence-electron chi connectivity index (χ1n) is 5.73. The number of methoxy groups -OCH3 is 1. The van der Waals surface area contributed by atoms with E-state index in [9.17, 15) is 9.59 Å². The molecule has 0 radical (unpaired) electrons. The average molecular weight is 329 g/mol. The number of hydrogen-bond donors (Lipinski definition) is 1. The van der Waals surface area contributed by atoms with Gasteiger partial charge in [0, 0.05) is 4.47 Å². The standard InChI is InChI=1S/C13H17BrN2O3/c1-9-4-5-11(10(14)6-9)15-12(17)7-16(2)8-13(18)19-3/h4-6H,7-8H2,1-3H3,(H,15,17). The maximum atomic E-state index is 11.8. The van der Waals surface area contributed by atoms with E-state index in [1.165, 1.54) is 7.11 Å². The number of anilines is 1. The fourth-order valence-corrected chi connectivity index (χ4v) is 2.09. The van der Waals surface area contributed by atoms with Crippen LogP contribution in [0.1, 0.15) is 5.56 Å². The Balaban J connectivity index is 2.53. The van der Waals surface area contributed by atoms with E-state index < -0.39 is 0 Å². The second-order valence-corrected chi connectivity index (χ2v) is 5.13. The Kier molecular flexibility index (Phi) is 5.98. The second-order valence-electron chi connectivity index (χ2n) is 4.28. The smallest absolute Gasteiger partial charge is 0.319 e. The zero-order chi connectivity index (χ0) is 14.4. The van der Waals surface area contributed by atoms with Gasteiger partial charge in [0.2, 0.25) is 5.91 Å². The third-order valence-corrected chi connectivity index (χ3v) is 3.09. The van der Waals surface area contributed by atoms with Gasteiger partial charge in [-0.15, -0.1) is 0 Å². The molecule has 1 amide bonds. The number of esters is 1. The van der Waals surface area contributed by atoms with Gasteiger partial charge in [-0.3, -0.25) is 14.5 Å². The van der Waals surface area contributed by atoms with Gasteiger partial charge in [-0.2, -0.15) is 0 Å². The van der Waals surface area contributed by atoms with E-state index in [-0.39, 0.29) is 25.0 Å². The number of nitrogens with zero attached hydrogens (tertiary/aromatic N) is 1. The number of benzene rings is 1. The highest BCUT2D eigenvalue weighted by molar-refractivity contribution is 9.10. The monoisotopic (exact) mass is 328 g/mol. The van der Waals surface area contributed by atoms with E-state index in [2.05, 4.69) is 26.0 Å². The molecule has 0 saturated heterocycles. The lowest BCUT2D eigenvalue weighted by molar-refractivity contribution is -0.141. The van der Waals surface area contributed by atoms with Gasteiger partial charge in [-0.1, -0.05) is 6.07 Å². The molecule has 0 atom stereocenters. The van der Waals surface area contributed by atoms with Gasteiger partial charge in [0.15, 0.2) is 0 Å². The van der Waals surface area contributed by atoms with Crippen LogP contribution in [0.3, 0.4) is 0 Å². The SMILES string of the molecule is COC(=O)CN(C)CC(=O)Nc1ccc(C)cc1Br. The molecule has 0 saturated carbocycles. The molecule has 0 aromatic heterocycles. The molecular weight excluding hydrogens is 312 g/mol. The van der Waals surface area contributed by atoms with E-state index in [0.29, 0.717) is 5.69 Å². The number of likely N-dealkylation sites (N-methyl/N-ethyl adjacent to an activating group) is 1. The molecule has 104 valence electrons. The first-order valence-corrected chi connectivity index (χ1v) is 6.53. The van der Waals surface area contributed by atoms with Crippen LogP contribution in [0.5, 0.6) is 0 Å². The molecule has 1 aromatic carbocycles. The van der Waals surface area contributed by atoms with E-state index in [1.807, 2.05) is 25.1 Å². The predicted molar refractivity (Wildman–Crippen MR) is 77.0 cm³/mol. The largest absolute Gasteiger partial charge is 0.468 e. The summed E-state index contributed by atoms with van der Waals surface area (Å²) in [7, 11) is 3.00. The molecule has 0 heterocycles. The van der Waals surface area contributed by atoms with Crippen molar-refractivity contribution < 1.29 is 14.3 Å². The third kappa shape index (κ3) is 5.40. The van der Waals surface area contributed by atoms with Gasteiger partial charge >= 0.3 is 5.97 Å². The minimum Gasteiger partial charge on any atom is -0.468 e. The molecule has 0 unspecified atom stereocenters. The van der Waals surface area contributed by atoms with Crippen LogP contribution in [0.25, 0.3) is 0 Å². The van der Waals surface area contributed by atoms with Crippen LogP contribution in [-0.4, -0.2) is 44.0 Å². The van der Waals surface area contributed by atoms with Crippen molar-refractivity contribution in [3.63, 3.8) is 0 Å². The fraction of sp³-hybridized carbons (Fsp3) is 0.385. The van der Waals surface area contributed by atoms with Crippen molar-refractivity contribution in [3.8, 4) is 0 Å². The number of carbonyl (C=O) groups is 2. The van der Waals surface area contributed by atoms with E-state index in [4.69, 9.17) is 0 Å². The van der Waals surface area contributed by atoms with Crippen LogP contribution in [0.2, 0.25) is 0 Å². The van der Waals surface area contributed by atoms with Gasteiger partial charge < -0.3 is 10.1 Å². The Hall–Kier alpha value is -1.40. The molecule has 6 heteroatoms. The maximum absolute atomic E-state index is 11.8. The molecule has 1 aromatic rings. The molecule has 0 aliphatic heterocycles. The quantitative estimate of drug-likeness (QED) is 0.837. The second kappa shape index (κ2) is 7.25. The van der Waals surface area contributed by atoms with Crippen LogP contribution >= 0.6 is 15.9 Å². The van der Waals surface area contributed by atoms with Gasteiger partial charge in [-0.05, 0) is 47.6 Å². The van der Waals surface area contributed by atoms with E-state index >= 15 is 0 Å². The molecule has 19 heavy (non-hydrogen) atoms. The normalized spacial score (nSPS) is 10.4. The Morgan fingerprint density at radius 1 is 1.37 bits per heavy atom. The van der Waals surface area contributed by atoms with Crippen molar-refractivity contribution in [1.82, 2.24) is 4.90 Å². The van der Waals surface area contributed by atoms with Crippen molar-refractivity contribution >= 4 is 33.5 Å². The number of amides is 1. The first-order chi connectivity index (χ1) is 8.92. The highest BCUT2D eigenvalue weighted by Crippen LogP contribution is 2.23. The average Bonchev–Trinajstić information content (AvgIpc) is 2.32. The lowest BCUT2D eigenvalue weighted by Gasteiger charge is -2.15. The third-order valence-electron chi connectivity index (χ3n) is 2.44. The molecule has 0 bridgehead atoms. The molecule has 1 rings (SSSR count). The van der Waals surface area contributed by atoms with Crippen LogP contribution in [0.4, 0.5) is 5.69 Å². The Labute approximate surface area is 121 Å².